The minimum Gasteiger partial charge on any atom is -0.480 e. The zero-order chi connectivity index (χ0) is 30.8. The third-order valence-electron chi connectivity index (χ3n) is 8.56. The molecule has 2 heterocycles. The molecule has 2 aliphatic rings. The number of carboxylic acids is 1. The van der Waals surface area contributed by atoms with E-state index in [1.54, 1.807) is 0 Å². The van der Waals surface area contributed by atoms with Gasteiger partial charge in [-0.15, -0.1) is 0 Å². The fraction of sp³-hybridized carbons (Fsp3) is 0.517. The van der Waals surface area contributed by atoms with Gasteiger partial charge in [-0.05, 0) is 51.6 Å². The second kappa shape index (κ2) is 12.3. The lowest BCUT2D eigenvalue weighted by Crippen LogP contribution is -2.56. The number of hydrogen-bond acceptors (Lipinski definition) is 7. The molecule has 2 fully saturated rings. The molecule has 228 valence electrons. The fourth-order valence-electron chi connectivity index (χ4n) is 5.33. The quantitative estimate of drug-likeness (QED) is 0.333. The van der Waals surface area contributed by atoms with E-state index in [0.717, 1.165) is 15.4 Å². The Labute approximate surface area is 248 Å². The van der Waals surface area contributed by atoms with Crippen LogP contribution in [0.5, 0.6) is 0 Å². The molecule has 4 rings (SSSR count). The zero-order valence-corrected chi connectivity index (χ0v) is 25.5. The number of amides is 2. The van der Waals surface area contributed by atoms with Gasteiger partial charge in [0.1, 0.15) is 5.54 Å². The summed E-state index contributed by atoms with van der Waals surface area (Å²) in [5.74, 6) is -1.96. The third kappa shape index (κ3) is 7.15. The van der Waals surface area contributed by atoms with Crippen LogP contribution in [0.1, 0.15) is 51.7 Å². The van der Waals surface area contributed by atoms with Crippen molar-refractivity contribution in [2.24, 2.45) is 11.7 Å². The summed E-state index contributed by atoms with van der Waals surface area (Å²) >= 11 is 0. The van der Waals surface area contributed by atoms with Crippen LogP contribution in [0.3, 0.4) is 0 Å². The topological polar surface area (TPSA) is 151 Å². The van der Waals surface area contributed by atoms with Crippen LogP contribution in [-0.4, -0.2) is 71.7 Å². The highest BCUT2D eigenvalue weighted by Gasteiger charge is 2.54. The first-order valence-corrected chi connectivity index (χ1v) is 15.6. The van der Waals surface area contributed by atoms with Gasteiger partial charge in [-0.2, -0.15) is 12.7 Å². The molecular weight excluding hydrogens is 559 g/mol. The number of nitrogens with two attached hydrogens (primary N) is 1. The van der Waals surface area contributed by atoms with Gasteiger partial charge in [0.25, 0.3) is 0 Å². The molecule has 0 radical (unpaired) electrons. The van der Waals surface area contributed by atoms with E-state index < -0.39 is 58.5 Å². The van der Waals surface area contributed by atoms with Crippen molar-refractivity contribution in [1.29, 1.82) is 0 Å². The highest BCUT2D eigenvalue weighted by Crippen LogP contribution is 2.39. The van der Waals surface area contributed by atoms with Gasteiger partial charge in [-0.25, -0.2) is 9.52 Å². The van der Waals surface area contributed by atoms with Gasteiger partial charge in [0.15, 0.2) is 0 Å². The Bertz CT molecular complexity index is 1300. The Morgan fingerprint density at radius 1 is 1.00 bits per heavy atom. The minimum absolute atomic E-state index is 0.133. The summed E-state index contributed by atoms with van der Waals surface area (Å²) in [5, 5.41) is 9.98. The molecule has 0 saturated carbocycles. The number of urea groups is 1. The molecule has 2 aromatic rings. The number of nitrogens with zero attached hydrogens (tertiary/aromatic N) is 2. The molecule has 4 N–H and O–H groups in total. The van der Waals surface area contributed by atoms with Crippen molar-refractivity contribution in [3.05, 3.63) is 71.8 Å². The molecule has 13 heteroatoms. The largest absolute Gasteiger partial charge is 0.480 e. The smallest absolute Gasteiger partial charge is 0.457 e. The number of carbonyl (C=O) groups is 2. The Balaban J connectivity index is 1.43. The Morgan fingerprint density at radius 2 is 1.50 bits per heavy atom. The normalized spacial score (nSPS) is 23.5. The number of carboxylic acid groups (broad SMARTS) is 1. The van der Waals surface area contributed by atoms with Gasteiger partial charge >= 0.3 is 29.3 Å². The highest BCUT2D eigenvalue weighted by molar-refractivity contribution is 7.87. The van der Waals surface area contributed by atoms with Crippen LogP contribution in [0.2, 0.25) is 6.32 Å². The maximum absolute atomic E-state index is 13.4. The van der Waals surface area contributed by atoms with Gasteiger partial charge in [0, 0.05) is 32.1 Å². The van der Waals surface area contributed by atoms with Gasteiger partial charge < -0.3 is 25.0 Å². The van der Waals surface area contributed by atoms with Crippen molar-refractivity contribution in [2.75, 3.05) is 13.1 Å². The number of hydrogen-bond donors (Lipinski definition) is 3. The summed E-state index contributed by atoms with van der Waals surface area (Å²) in [7, 11) is -4.85. The SMILES string of the molecule is CC1(C)OB(CCC[C@@H]2CN(S(=O)(=O)NC(=O)N(Cc3ccccc3)Cc3ccccc3)C[C@]2(N)C(=O)O)OC1(C)C. The molecule has 0 aliphatic carbocycles. The summed E-state index contributed by atoms with van der Waals surface area (Å²) in [4.78, 5) is 27.0. The van der Waals surface area contributed by atoms with Crippen LogP contribution < -0.4 is 10.5 Å². The standard InChI is InChI=1S/C29H41BN4O7S/c1-27(2)28(3,4)41-30(40-27)17-11-16-24-20-34(21-29(24,31)25(35)36)42(38,39)32-26(37)33(18-22-12-7-5-8-13-22)19-23-14-9-6-10-15-23/h5-10,12-15,24H,11,16-21,31H2,1-4H3,(H,32,37)(H,35,36)/t24-,29-/m1/s1. The maximum atomic E-state index is 13.4. The zero-order valence-electron chi connectivity index (χ0n) is 24.7. The summed E-state index contributed by atoms with van der Waals surface area (Å²) < 4.78 is 42.0. The number of carbonyl (C=O) groups excluding carboxylic acids is 1. The van der Waals surface area contributed by atoms with E-state index in [9.17, 15) is 23.1 Å². The molecule has 11 nitrogen and oxygen atoms in total. The first-order valence-electron chi connectivity index (χ1n) is 14.2. The van der Waals surface area contributed by atoms with Gasteiger partial charge in [0.05, 0.1) is 11.2 Å². The predicted octanol–water partition coefficient (Wildman–Crippen LogP) is 3.23. The second-order valence-electron chi connectivity index (χ2n) is 12.2. The van der Waals surface area contributed by atoms with Crippen LogP contribution in [0.25, 0.3) is 0 Å². The lowest BCUT2D eigenvalue weighted by molar-refractivity contribution is -0.144. The van der Waals surface area contributed by atoms with Crippen molar-refractivity contribution in [1.82, 2.24) is 13.9 Å². The molecule has 2 aliphatic heterocycles. The van der Waals surface area contributed by atoms with Crippen LogP contribution in [-0.2, 0) is 37.4 Å². The van der Waals surface area contributed by atoms with E-state index in [4.69, 9.17) is 15.0 Å². The van der Waals surface area contributed by atoms with Crippen LogP contribution >= 0.6 is 0 Å². The van der Waals surface area contributed by atoms with E-state index in [-0.39, 0.29) is 19.6 Å². The van der Waals surface area contributed by atoms with Crippen molar-refractivity contribution >= 4 is 29.3 Å². The van der Waals surface area contributed by atoms with E-state index in [1.165, 1.54) is 4.90 Å². The summed E-state index contributed by atoms with van der Waals surface area (Å²) in [5.41, 5.74) is 5.20. The fourth-order valence-corrected chi connectivity index (χ4v) is 6.57. The monoisotopic (exact) mass is 600 g/mol. The van der Waals surface area contributed by atoms with Gasteiger partial charge in [0.2, 0.25) is 0 Å². The molecule has 2 aromatic carbocycles. The lowest BCUT2D eigenvalue weighted by Gasteiger charge is -2.32. The van der Waals surface area contributed by atoms with Crippen LogP contribution in [0, 0.1) is 5.92 Å². The highest BCUT2D eigenvalue weighted by atomic mass is 32.2. The molecule has 0 spiro atoms. The first-order chi connectivity index (χ1) is 19.6. The van der Waals surface area contributed by atoms with E-state index in [1.807, 2.05) is 88.4 Å². The van der Waals surface area contributed by atoms with Crippen LogP contribution in [0.4, 0.5) is 4.79 Å². The molecule has 0 unspecified atom stereocenters. The number of aliphatic carboxylic acids is 1. The molecule has 2 amide bonds. The Morgan fingerprint density at radius 3 is 1.98 bits per heavy atom. The van der Waals surface area contributed by atoms with Crippen molar-refractivity contribution in [2.45, 2.75) is 76.7 Å². The average molecular weight is 601 g/mol. The molecular formula is C29H41BN4O7S. The Kier molecular flexibility index (Phi) is 9.39. The van der Waals surface area contributed by atoms with Gasteiger partial charge in [-0.1, -0.05) is 67.1 Å². The average Bonchev–Trinajstić information content (AvgIpc) is 3.37. The van der Waals surface area contributed by atoms with E-state index >= 15 is 0 Å². The third-order valence-corrected chi connectivity index (χ3v) is 9.95. The van der Waals surface area contributed by atoms with Crippen molar-refractivity contribution < 1.29 is 32.4 Å². The lowest BCUT2D eigenvalue weighted by atomic mass is 9.78. The summed E-state index contributed by atoms with van der Waals surface area (Å²) in [6.45, 7) is 7.58. The molecule has 0 bridgehead atoms. The first kappa shape index (κ1) is 32.0. The second-order valence-corrected chi connectivity index (χ2v) is 13.9. The molecule has 42 heavy (non-hydrogen) atoms. The van der Waals surface area contributed by atoms with Crippen molar-refractivity contribution in [3.8, 4) is 0 Å². The maximum Gasteiger partial charge on any atom is 0.457 e. The number of rotatable bonds is 11. The summed E-state index contributed by atoms with van der Waals surface area (Å²) in [6.07, 6.45) is 1.38. The van der Waals surface area contributed by atoms with E-state index in [2.05, 4.69) is 4.72 Å². The molecule has 2 saturated heterocycles. The summed E-state index contributed by atoms with van der Waals surface area (Å²) in [6, 6.07) is 17.7. The molecule has 2 atom stereocenters. The minimum atomic E-state index is -4.40. The van der Waals surface area contributed by atoms with Gasteiger partial charge in [-0.3, -0.25) is 4.79 Å². The predicted molar refractivity (Wildman–Crippen MR) is 159 cm³/mol. The van der Waals surface area contributed by atoms with E-state index in [0.29, 0.717) is 19.2 Å². The Hall–Kier alpha value is -2.97. The number of nitrogens with one attached hydrogen (secondary N) is 1. The van der Waals surface area contributed by atoms with Crippen molar-refractivity contribution in [3.63, 3.8) is 0 Å². The number of benzene rings is 2. The molecule has 0 aromatic heterocycles. The van der Waals surface area contributed by atoms with Crippen LogP contribution in [0.15, 0.2) is 60.7 Å².